The van der Waals surface area contributed by atoms with Crippen molar-refractivity contribution in [1.82, 2.24) is 4.57 Å². The van der Waals surface area contributed by atoms with Crippen molar-refractivity contribution in [2.24, 2.45) is 4.99 Å². The fourth-order valence-electron chi connectivity index (χ4n) is 5.59. The molecule has 0 N–H and O–H groups in total. The second-order valence-corrected chi connectivity index (χ2v) is 15.0. The Morgan fingerprint density at radius 1 is 1.06 bits per heavy atom. The summed E-state index contributed by atoms with van der Waals surface area (Å²) in [5.74, 6) is -0.460. The van der Waals surface area contributed by atoms with Gasteiger partial charge < -0.3 is 14.2 Å². The van der Waals surface area contributed by atoms with Crippen LogP contribution in [0.3, 0.4) is 0 Å². The van der Waals surface area contributed by atoms with Gasteiger partial charge in [0.15, 0.2) is 10.5 Å². The van der Waals surface area contributed by atoms with Gasteiger partial charge in [-0.2, -0.15) is 13.2 Å². The number of benzene rings is 4. The third kappa shape index (κ3) is 7.16. The van der Waals surface area contributed by atoms with Crippen LogP contribution in [0.5, 0.6) is 11.5 Å². The number of nitrogens with zero attached hydrogens (tertiary/aromatic N) is 2. The van der Waals surface area contributed by atoms with E-state index in [0.717, 1.165) is 28.6 Å². The van der Waals surface area contributed by atoms with Crippen LogP contribution in [-0.4, -0.2) is 30.4 Å². The lowest BCUT2D eigenvalue weighted by molar-refractivity contribution is -0.140. The highest BCUT2D eigenvalue weighted by Gasteiger charge is 2.46. The van der Waals surface area contributed by atoms with Crippen molar-refractivity contribution < 1.29 is 32.2 Å². The first-order valence-electron chi connectivity index (χ1n) is 14.7. The Balaban J connectivity index is 1.53. The van der Waals surface area contributed by atoms with Gasteiger partial charge >= 0.3 is 12.1 Å². The normalized spacial score (nSPS) is 14.8. The molecule has 15 heteroatoms. The fraction of sp³-hybridized carbons (Fsp3) is 0.171. The monoisotopic (exact) mass is 964 g/mol. The predicted octanol–water partition coefficient (Wildman–Crippen LogP) is 8.60. The van der Waals surface area contributed by atoms with Crippen LogP contribution in [0.4, 0.5) is 13.2 Å². The van der Waals surface area contributed by atoms with Gasteiger partial charge in [0.2, 0.25) is 0 Å². The van der Waals surface area contributed by atoms with Crippen LogP contribution in [0.25, 0.3) is 16.8 Å². The van der Waals surface area contributed by atoms with E-state index in [2.05, 4.69) is 50.2 Å². The zero-order valence-corrected chi connectivity index (χ0v) is 32.6. The molecule has 0 radical (unpaired) electrons. The van der Waals surface area contributed by atoms with Crippen molar-refractivity contribution in [2.75, 3.05) is 13.7 Å². The van der Waals surface area contributed by atoms with E-state index in [4.69, 9.17) is 37.4 Å². The second-order valence-electron chi connectivity index (χ2n) is 10.8. The Bertz CT molecular complexity index is 2370. The number of esters is 1. The molecule has 7 nitrogen and oxygen atoms in total. The summed E-state index contributed by atoms with van der Waals surface area (Å²) < 4.78 is 63.8. The smallest absolute Gasteiger partial charge is 0.434 e. The van der Waals surface area contributed by atoms with Crippen molar-refractivity contribution in [1.29, 1.82) is 0 Å². The van der Waals surface area contributed by atoms with E-state index in [1.54, 1.807) is 72.8 Å². The van der Waals surface area contributed by atoms with Gasteiger partial charge in [-0.05, 0) is 105 Å². The Hall–Kier alpha value is -3.12. The van der Waals surface area contributed by atoms with Gasteiger partial charge in [-0.25, -0.2) is 9.79 Å². The molecule has 1 aliphatic heterocycles. The van der Waals surface area contributed by atoms with Crippen LogP contribution in [0.1, 0.15) is 29.7 Å². The SMILES string of the molecule is CCOC(=O)C1=C(C(F)(F)F)N=c2s/c(=C\c3cc(I)c(OCc4ccc(Cl)cc4Cl)c(I)c3)c(=O)n2[C@@H]1c1c(OC)ccc2ccccc12. The molecule has 1 aliphatic rings. The summed E-state index contributed by atoms with van der Waals surface area (Å²) in [6.45, 7) is 1.48. The number of carbonyl (C=O) groups excluding carboxylic acids is 1. The van der Waals surface area contributed by atoms with Gasteiger partial charge in [0.25, 0.3) is 5.56 Å². The zero-order chi connectivity index (χ0) is 35.9. The number of fused-ring (bicyclic) bond motifs is 2. The number of allylic oxidation sites excluding steroid dienone is 1. The van der Waals surface area contributed by atoms with Gasteiger partial charge in [0.05, 0.1) is 31.0 Å². The van der Waals surface area contributed by atoms with Gasteiger partial charge in [0.1, 0.15) is 24.1 Å². The number of alkyl halides is 3. The van der Waals surface area contributed by atoms with Crippen LogP contribution in [-0.2, 0) is 16.1 Å². The van der Waals surface area contributed by atoms with Crippen LogP contribution in [0.15, 0.2) is 87.8 Å². The summed E-state index contributed by atoms with van der Waals surface area (Å²) in [5.41, 5.74) is -1.34. The minimum absolute atomic E-state index is 0.104. The van der Waals surface area contributed by atoms with E-state index in [0.29, 0.717) is 32.1 Å². The van der Waals surface area contributed by atoms with Crippen molar-refractivity contribution >= 4 is 103 Å². The van der Waals surface area contributed by atoms with Crippen LogP contribution in [0.2, 0.25) is 10.0 Å². The Kier molecular flexibility index (Phi) is 10.9. The highest BCUT2D eigenvalue weighted by Crippen LogP contribution is 2.43. The van der Waals surface area contributed by atoms with E-state index in [9.17, 15) is 22.8 Å². The largest absolute Gasteiger partial charge is 0.496 e. The summed E-state index contributed by atoms with van der Waals surface area (Å²) in [6.07, 6.45) is -3.47. The first kappa shape index (κ1) is 36.7. The number of aromatic nitrogens is 1. The molecule has 258 valence electrons. The summed E-state index contributed by atoms with van der Waals surface area (Å²) >= 11 is 17.3. The van der Waals surface area contributed by atoms with E-state index < -0.39 is 35.0 Å². The molecule has 0 unspecified atom stereocenters. The van der Waals surface area contributed by atoms with Crippen LogP contribution in [0, 0.1) is 7.14 Å². The van der Waals surface area contributed by atoms with Gasteiger partial charge in [-0.15, -0.1) is 0 Å². The van der Waals surface area contributed by atoms with Crippen molar-refractivity contribution in [3.63, 3.8) is 0 Å². The standard InChI is InChI=1S/C35H23Cl2F3I2N2O5S/c1-3-48-33(46)28-29(27-21-7-5-4-6-18(21)9-11-25(27)47-2)44-32(45)26(50-34(44)43-31(28)35(38,39)40)14-17-12-23(41)30(24(42)13-17)49-16-19-8-10-20(36)15-22(19)37/h4-15,29H,3,16H2,1-2H3/b26-14-/t29-/m1/s1. The average molecular weight is 965 g/mol. The van der Waals surface area contributed by atoms with Crippen molar-refractivity contribution in [3.05, 3.63) is 132 Å². The average Bonchev–Trinajstić information content (AvgIpc) is 3.37. The van der Waals surface area contributed by atoms with Crippen LogP contribution < -0.4 is 24.4 Å². The molecular formula is C35H23Cl2F3I2N2O5S. The molecule has 6 rings (SSSR count). The first-order valence-corrected chi connectivity index (χ1v) is 18.5. The quantitative estimate of drug-likeness (QED) is 0.115. The lowest BCUT2D eigenvalue weighted by Crippen LogP contribution is -2.41. The van der Waals surface area contributed by atoms with Crippen molar-refractivity contribution in [2.45, 2.75) is 25.7 Å². The molecule has 4 aromatic carbocycles. The lowest BCUT2D eigenvalue weighted by atomic mass is 9.90. The van der Waals surface area contributed by atoms with Gasteiger partial charge in [-0.3, -0.25) is 9.36 Å². The summed E-state index contributed by atoms with van der Waals surface area (Å²) in [5, 5.41) is 2.14. The number of rotatable bonds is 8. The minimum atomic E-state index is -5.05. The molecular weight excluding hydrogens is 942 g/mol. The van der Waals surface area contributed by atoms with Crippen molar-refractivity contribution in [3.8, 4) is 11.5 Å². The molecule has 1 atom stereocenters. The summed E-state index contributed by atoms with van der Waals surface area (Å²) in [4.78, 5) is 31.4. The molecule has 0 saturated heterocycles. The van der Waals surface area contributed by atoms with Gasteiger partial charge in [0, 0.05) is 21.2 Å². The predicted molar refractivity (Wildman–Crippen MR) is 204 cm³/mol. The van der Waals surface area contributed by atoms with E-state index in [-0.39, 0.29) is 33.9 Å². The Labute approximate surface area is 324 Å². The highest BCUT2D eigenvalue weighted by atomic mass is 127. The minimum Gasteiger partial charge on any atom is -0.496 e. The van der Waals surface area contributed by atoms with E-state index in [1.807, 2.05) is 0 Å². The number of methoxy groups -OCH3 is 1. The lowest BCUT2D eigenvalue weighted by Gasteiger charge is -2.28. The molecule has 50 heavy (non-hydrogen) atoms. The topological polar surface area (TPSA) is 79.1 Å². The van der Waals surface area contributed by atoms with E-state index in [1.165, 1.54) is 14.0 Å². The summed E-state index contributed by atoms with van der Waals surface area (Å²) in [7, 11) is 1.37. The third-order valence-electron chi connectivity index (χ3n) is 7.72. The zero-order valence-electron chi connectivity index (χ0n) is 25.9. The molecule has 0 aliphatic carbocycles. The third-order valence-corrected chi connectivity index (χ3v) is 10.9. The molecule has 0 amide bonds. The van der Waals surface area contributed by atoms with Crippen LogP contribution >= 0.6 is 79.7 Å². The maximum atomic E-state index is 14.8. The maximum absolute atomic E-state index is 14.8. The number of ether oxygens (including phenoxy) is 3. The molecule has 0 bridgehead atoms. The molecule has 0 fully saturated rings. The molecule has 5 aromatic rings. The van der Waals surface area contributed by atoms with Gasteiger partial charge in [-0.1, -0.05) is 70.9 Å². The Morgan fingerprint density at radius 2 is 1.78 bits per heavy atom. The number of halogens is 7. The molecule has 0 spiro atoms. The Morgan fingerprint density at radius 3 is 2.44 bits per heavy atom. The second kappa shape index (κ2) is 14.9. The number of hydrogen-bond acceptors (Lipinski definition) is 7. The molecule has 0 saturated carbocycles. The maximum Gasteiger partial charge on any atom is 0.434 e. The molecule has 2 heterocycles. The van der Waals surface area contributed by atoms with E-state index >= 15 is 0 Å². The fourth-order valence-corrected chi connectivity index (χ4v) is 9.18. The molecule has 1 aromatic heterocycles. The number of carbonyl (C=O) groups is 1. The number of thiazole rings is 1. The first-order chi connectivity index (χ1) is 23.8. The highest BCUT2D eigenvalue weighted by molar-refractivity contribution is 14.1. The summed E-state index contributed by atoms with van der Waals surface area (Å²) in [6, 6.07) is 17.4. The number of hydrogen-bond donors (Lipinski definition) is 0.